The largest absolute Gasteiger partial charge is 0.465 e. The van der Waals surface area contributed by atoms with E-state index in [0.717, 1.165) is 12.8 Å². The molecule has 2 nitrogen and oxygen atoms in total. The minimum Gasteiger partial charge on any atom is -0.465 e. The summed E-state index contributed by atoms with van der Waals surface area (Å²) in [6.07, 6.45) is 14.4. The van der Waals surface area contributed by atoms with Gasteiger partial charge in [0.25, 0.3) is 0 Å². The Kier molecular flexibility index (Phi) is 12.4. The van der Waals surface area contributed by atoms with Crippen molar-refractivity contribution in [3.63, 3.8) is 0 Å². The summed E-state index contributed by atoms with van der Waals surface area (Å²) < 4.78 is 4.50. The maximum atomic E-state index is 11.4. The van der Waals surface area contributed by atoms with Crippen LogP contribution in [0.3, 0.4) is 0 Å². The Bertz CT molecular complexity index is 234. The van der Waals surface area contributed by atoms with E-state index in [9.17, 15) is 4.79 Å². The fourth-order valence-corrected chi connectivity index (χ4v) is 2.17. The third-order valence-electron chi connectivity index (χ3n) is 3.48. The lowest BCUT2D eigenvalue weighted by molar-refractivity contribution is -0.145. The van der Waals surface area contributed by atoms with Crippen LogP contribution in [0.25, 0.3) is 0 Å². The van der Waals surface area contributed by atoms with E-state index in [1.807, 2.05) is 0 Å². The second kappa shape index (κ2) is 12.6. The van der Waals surface area contributed by atoms with Crippen LogP contribution < -0.4 is 0 Å². The van der Waals surface area contributed by atoms with E-state index in [-0.39, 0.29) is 5.97 Å². The molecule has 0 bridgehead atoms. The Labute approximate surface area is 131 Å². The standard InChI is InChI=1S/C17H34O2S/c1-4-5-6-7-8-9-10-11-12-13-14-15-19-16(18)17(2,3)20/h20H,4-15H2,1-3H3. The summed E-state index contributed by atoms with van der Waals surface area (Å²) in [5.74, 6) is -0.215. The maximum Gasteiger partial charge on any atom is 0.321 e. The predicted molar refractivity (Wildman–Crippen MR) is 90.5 cm³/mol. The number of thiol groups is 1. The fraction of sp³-hybridized carbons (Fsp3) is 0.941. The number of ether oxygens (including phenoxy) is 1. The van der Waals surface area contributed by atoms with Crippen LogP contribution in [0.15, 0.2) is 0 Å². The number of hydrogen-bond donors (Lipinski definition) is 1. The Hall–Kier alpha value is -0.180. The first kappa shape index (κ1) is 19.8. The van der Waals surface area contributed by atoms with E-state index in [2.05, 4.69) is 19.6 Å². The van der Waals surface area contributed by atoms with Gasteiger partial charge in [-0.15, -0.1) is 0 Å². The molecule has 0 atom stereocenters. The lowest BCUT2D eigenvalue weighted by Gasteiger charge is -2.15. The van der Waals surface area contributed by atoms with Crippen LogP contribution in [-0.2, 0) is 9.53 Å². The Morgan fingerprint density at radius 1 is 0.850 bits per heavy atom. The monoisotopic (exact) mass is 302 g/mol. The minimum atomic E-state index is -0.669. The van der Waals surface area contributed by atoms with Crippen molar-refractivity contribution in [3.8, 4) is 0 Å². The summed E-state index contributed by atoms with van der Waals surface area (Å²) in [6.45, 7) is 6.33. The van der Waals surface area contributed by atoms with Crippen molar-refractivity contribution >= 4 is 18.6 Å². The van der Waals surface area contributed by atoms with E-state index in [4.69, 9.17) is 4.74 Å². The van der Waals surface area contributed by atoms with Gasteiger partial charge in [0.1, 0.15) is 4.75 Å². The lowest BCUT2D eigenvalue weighted by atomic mass is 10.1. The molecule has 0 aliphatic heterocycles. The van der Waals surface area contributed by atoms with Gasteiger partial charge in [-0.05, 0) is 20.3 Å². The van der Waals surface area contributed by atoms with Crippen LogP contribution >= 0.6 is 12.6 Å². The SMILES string of the molecule is CCCCCCCCCCCCCOC(=O)C(C)(C)S. The van der Waals surface area contributed by atoms with Gasteiger partial charge in [-0.1, -0.05) is 71.1 Å². The van der Waals surface area contributed by atoms with Crippen molar-refractivity contribution in [2.24, 2.45) is 0 Å². The Balaban J connectivity index is 3.16. The zero-order valence-corrected chi connectivity index (χ0v) is 14.6. The molecule has 0 saturated carbocycles. The smallest absolute Gasteiger partial charge is 0.321 e. The van der Waals surface area contributed by atoms with Crippen LogP contribution in [0.1, 0.15) is 91.4 Å². The summed E-state index contributed by atoms with van der Waals surface area (Å²) >= 11 is 4.19. The lowest BCUT2D eigenvalue weighted by Crippen LogP contribution is -2.27. The number of hydrogen-bond acceptors (Lipinski definition) is 3. The molecule has 0 aromatic heterocycles. The summed E-state index contributed by atoms with van der Waals surface area (Å²) in [7, 11) is 0. The molecule has 3 heteroatoms. The van der Waals surface area contributed by atoms with Crippen molar-refractivity contribution in [2.45, 2.75) is 96.1 Å². The first-order valence-electron chi connectivity index (χ1n) is 8.38. The van der Waals surface area contributed by atoms with Gasteiger partial charge in [0.05, 0.1) is 6.61 Å². The van der Waals surface area contributed by atoms with Gasteiger partial charge in [0, 0.05) is 0 Å². The molecule has 120 valence electrons. The first-order chi connectivity index (χ1) is 9.48. The molecule has 20 heavy (non-hydrogen) atoms. The fourth-order valence-electron chi connectivity index (χ4n) is 2.11. The number of esters is 1. The van der Waals surface area contributed by atoms with Gasteiger partial charge in [-0.2, -0.15) is 12.6 Å². The summed E-state index contributed by atoms with van der Waals surface area (Å²) in [4.78, 5) is 11.4. The molecular weight excluding hydrogens is 268 g/mol. The second-order valence-corrected chi connectivity index (χ2v) is 7.35. The first-order valence-corrected chi connectivity index (χ1v) is 8.82. The number of carbonyl (C=O) groups excluding carboxylic acids is 1. The molecule has 0 aliphatic carbocycles. The molecule has 0 aliphatic rings. The Morgan fingerprint density at radius 3 is 1.65 bits per heavy atom. The minimum absolute atomic E-state index is 0.215. The van der Waals surface area contributed by atoms with E-state index >= 15 is 0 Å². The van der Waals surface area contributed by atoms with Gasteiger partial charge in [0.2, 0.25) is 0 Å². The third-order valence-corrected chi connectivity index (χ3v) is 3.66. The number of rotatable bonds is 13. The van der Waals surface area contributed by atoms with Gasteiger partial charge in [-0.3, -0.25) is 4.79 Å². The van der Waals surface area contributed by atoms with E-state index < -0.39 is 4.75 Å². The van der Waals surface area contributed by atoms with Crippen LogP contribution in [0.5, 0.6) is 0 Å². The zero-order chi connectivity index (χ0) is 15.3. The van der Waals surface area contributed by atoms with Crippen LogP contribution in [0.4, 0.5) is 0 Å². The highest BCUT2D eigenvalue weighted by Crippen LogP contribution is 2.15. The quantitative estimate of drug-likeness (QED) is 0.274. The average molecular weight is 303 g/mol. The average Bonchev–Trinajstić information content (AvgIpc) is 2.38. The van der Waals surface area contributed by atoms with Gasteiger partial charge in [0.15, 0.2) is 0 Å². The molecule has 0 saturated heterocycles. The highest BCUT2D eigenvalue weighted by molar-refractivity contribution is 7.82. The summed E-state index contributed by atoms with van der Waals surface area (Å²) in [5.41, 5.74) is 0. The molecule has 0 aromatic carbocycles. The molecule has 0 rings (SSSR count). The summed E-state index contributed by atoms with van der Waals surface area (Å²) in [6, 6.07) is 0. The molecule has 0 fully saturated rings. The normalized spacial score (nSPS) is 11.6. The predicted octanol–water partition coefficient (Wildman–Crippen LogP) is 5.55. The second-order valence-electron chi connectivity index (χ2n) is 6.23. The van der Waals surface area contributed by atoms with E-state index in [1.165, 1.54) is 57.8 Å². The van der Waals surface area contributed by atoms with Crippen LogP contribution in [0.2, 0.25) is 0 Å². The van der Waals surface area contributed by atoms with Gasteiger partial charge in [-0.25, -0.2) is 0 Å². The van der Waals surface area contributed by atoms with Crippen LogP contribution in [-0.4, -0.2) is 17.3 Å². The van der Waals surface area contributed by atoms with Crippen molar-refractivity contribution in [2.75, 3.05) is 6.61 Å². The molecule has 0 heterocycles. The highest BCUT2D eigenvalue weighted by Gasteiger charge is 2.23. The molecule has 0 amide bonds. The van der Waals surface area contributed by atoms with E-state index in [1.54, 1.807) is 13.8 Å². The Morgan fingerprint density at radius 2 is 1.25 bits per heavy atom. The van der Waals surface area contributed by atoms with Crippen molar-refractivity contribution in [3.05, 3.63) is 0 Å². The van der Waals surface area contributed by atoms with Gasteiger partial charge < -0.3 is 4.74 Å². The number of carbonyl (C=O) groups is 1. The zero-order valence-electron chi connectivity index (χ0n) is 13.7. The van der Waals surface area contributed by atoms with Gasteiger partial charge >= 0.3 is 5.97 Å². The van der Waals surface area contributed by atoms with E-state index in [0.29, 0.717) is 6.61 Å². The molecule has 0 aromatic rings. The van der Waals surface area contributed by atoms with Crippen molar-refractivity contribution < 1.29 is 9.53 Å². The topological polar surface area (TPSA) is 26.3 Å². The molecule has 0 unspecified atom stereocenters. The summed E-state index contributed by atoms with van der Waals surface area (Å²) in [5, 5.41) is 0. The number of unbranched alkanes of at least 4 members (excludes halogenated alkanes) is 10. The third kappa shape index (κ3) is 12.8. The molecular formula is C17H34O2S. The molecule has 0 radical (unpaired) electrons. The van der Waals surface area contributed by atoms with Crippen LogP contribution in [0, 0.1) is 0 Å². The molecule has 0 N–H and O–H groups in total. The maximum absolute atomic E-state index is 11.4. The van der Waals surface area contributed by atoms with Crippen molar-refractivity contribution in [1.82, 2.24) is 0 Å². The van der Waals surface area contributed by atoms with Crippen molar-refractivity contribution in [1.29, 1.82) is 0 Å². The highest BCUT2D eigenvalue weighted by atomic mass is 32.1. The molecule has 0 spiro atoms.